The quantitative estimate of drug-likeness (QED) is 0.523. The predicted octanol–water partition coefficient (Wildman–Crippen LogP) is 2.55. The molecule has 2 fully saturated rings. The summed E-state index contributed by atoms with van der Waals surface area (Å²) in [6.07, 6.45) is 1.96. The lowest BCUT2D eigenvalue weighted by atomic mass is 9.91. The maximum Gasteiger partial charge on any atom is 0.318 e. The molecule has 0 saturated carbocycles. The average molecular weight is 548 g/mol. The van der Waals surface area contributed by atoms with Crippen LogP contribution in [-0.2, 0) is 25.9 Å². The van der Waals surface area contributed by atoms with E-state index in [0.29, 0.717) is 23.7 Å². The first kappa shape index (κ1) is 24.3. The molecule has 3 aliphatic heterocycles. The minimum atomic E-state index is -4.07. The van der Waals surface area contributed by atoms with Crippen molar-refractivity contribution in [3.8, 4) is 11.5 Å². The zero-order chi connectivity index (χ0) is 25.9. The van der Waals surface area contributed by atoms with Gasteiger partial charge in [0.15, 0.2) is 9.84 Å². The van der Waals surface area contributed by atoms with E-state index in [9.17, 15) is 13.2 Å². The number of hydrogen-bond acceptors (Lipinski definition) is 9. The molecule has 0 aliphatic carbocycles. The highest BCUT2D eigenvalue weighted by atomic mass is 35.5. The third-order valence-corrected chi connectivity index (χ3v) is 9.02. The van der Waals surface area contributed by atoms with E-state index in [1.165, 1.54) is 11.0 Å². The van der Waals surface area contributed by atoms with Crippen LogP contribution in [0.4, 0.5) is 16.1 Å². The second kappa shape index (κ2) is 8.76. The molecule has 2 aromatic carbocycles. The maximum atomic E-state index is 15.3. The zero-order valence-electron chi connectivity index (χ0n) is 19.6. The van der Waals surface area contributed by atoms with E-state index in [-0.39, 0.29) is 40.2 Å². The molecule has 0 bridgehead atoms. The molecule has 1 amide bonds. The molecule has 1 atom stereocenters. The monoisotopic (exact) mass is 547 g/mol. The SMILES string of the molecule is N[C@H]1CS(=O)(=O)c2cc(F)c(-c3nnc(N4CC5(CCCO5)C4)o3)cc2N(Cc2ccc(Cl)cc2)C1=O. The summed E-state index contributed by atoms with van der Waals surface area (Å²) in [5.41, 5.74) is 6.31. The topological polar surface area (TPSA) is 132 Å². The fourth-order valence-corrected chi connectivity index (χ4v) is 6.75. The molecule has 6 rings (SSSR count). The fourth-order valence-electron chi connectivity index (χ4n) is 5.06. The molecule has 2 saturated heterocycles. The largest absolute Gasteiger partial charge is 0.403 e. The molecule has 13 heteroatoms. The van der Waals surface area contributed by atoms with Crippen LogP contribution in [0.5, 0.6) is 0 Å². The first-order valence-corrected chi connectivity index (χ1v) is 13.8. The zero-order valence-corrected chi connectivity index (χ0v) is 21.1. The summed E-state index contributed by atoms with van der Waals surface area (Å²) in [4.78, 5) is 16.0. The first-order valence-electron chi connectivity index (χ1n) is 11.7. The molecule has 1 aromatic heterocycles. The Hall–Kier alpha value is -3.06. The number of carbonyl (C=O) groups excluding carboxylic acids is 1. The van der Waals surface area contributed by atoms with Gasteiger partial charge < -0.3 is 24.7 Å². The van der Waals surface area contributed by atoms with Crippen LogP contribution >= 0.6 is 11.6 Å². The van der Waals surface area contributed by atoms with Gasteiger partial charge in [-0.05, 0) is 42.7 Å². The highest BCUT2D eigenvalue weighted by Crippen LogP contribution is 2.40. The number of carbonyl (C=O) groups is 1. The fraction of sp³-hybridized carbons (Fsp3) is 0.375. The van der Waals surface area contributed by atoms with Crippen molar-refractivity contribution in [3.63, 3.8) is 0 Å². The second-order valence-electron chi connectivity index (χ2n) is 9.62. The molecule has 37 heavy (non-hydrogen) atoms. The van der Waals surface area contributed by atoms with Crippen molar-refractivity contribution in [1.82, 2.24) is 10.2 Å². The van der Waals surface area contributed by atoms with E-state index in [1.807, 2.05) is 4.90 Å². The highest BCUT2D eigenvalue weighted by molar-refractivity contribution is 7.91. The molecule has 10 nitrogen and oxygen atoms in total. The van der Waals surface area contributed by atoms with Crippen LogP contribution < -0.4 is 15.5 Å². The summed E-state index contributed by atoms with van der Waals surface area (Å²) in [6, 6.07) is 7.77. The summed E-state index contributed by atoms with van der Waals surface area (Å²) in [7, 11) is -4.07. The Kier molecular flexibility index (Phi) is 5.75. The van der Waals surface area contributed by atoms with Crippen LogP contribution in [-0.4, -0.2) is 61.6 Å². The van der Waals surface area contributed by atoms with Crippen LogP contribution in [0.15, 0.2) is 45.7 Å². The van der Waals surface area contributed by atoms with Crippen molar-refractivity contribution in [2.45, 2.75) is 35.9 Å². The van der Waals surface area contributed by atoms with Gasteiger partial charge in [-0.15, -0.1) is 5.10 Å². The molecular weight excluding hydrogens is 525 g/mol. The van der Waals surface area contributed by atoms with Crippen LogP contribution in [0, 0.1) is 5.82 Å². The number of fused-ring (bicyclic) bond motifs is 1. The molecule has 0 radical (unpaired) electrons. The van der Waals surface area contributed by atoms with Crippen LogP contribution in [0.1, 0.15) is 18.4 Å². The summed E-state index contributed by atoms with van der Waals surface area (Å²) < 4.78 is 53.0. The van der Waals surface area contributed by atoms with Crippen LogP contribution in [0.3, 0.4) is 0 Å². The molecule has 3 aromatic rings. The van der Waals surface area contributed by atoms with Gasteiger partial charge >= 0.3 is 6.01 Å². The normalized spacial score (nSPS) is 22.1. The van der Waals surface area contributed by atoms with Crippen molar-refractivity contribution in [2.75, 3.05) is 35.2 Å². The maximum absolute atomic E-state index is 15.3. The van der Waals surface area contributed by atoms with Crippen molar-refractivity contribution >= 4 is 39.0 Å². The number of halogens is 2. The molecular formula is C24H23ClFN5O5S. The number of anilines is 2. The Morgan fingerprint density at radius 1 is 1.19 bits per heavy atom. The van der Waals surface area contributed by atoms with Gasteiger partial charge in [0.1, 0.15) is 11.4 Å². The van der Waals surface area contributed by atoms with Gasteiger partial charge in [-0.1, -0.05) is 28.8 Å². The summed E-state index contributed by atoms with van der Waals surface area (Å²) in [6.45, 7) is 1.92. The van der Waals surface area contributed by atoms with E-state index < -0.39 is 33.4 Å². The number of rotatable bonds is 4. The number of aromatic nitrogens is 2. The van der Waals surface area contributed by atoms with E-state index in [4.69, 9.17) is 26.5 Å². The van der Waals surface area contributed by atoms with Gasteiger partial charge in [0.2, 0.25) is 5.91 Å². The number of hydrogen-bond donors (Lipinski definition) is 1. The van der Waals surface area contributed by atoms with Gasteiger partial charge in [0, 0.05) is 11.6 Å². The minimum Gasteiger partial charge on any atom is -0.403 e. The standard InChI is InChI=1S/C24H23ClFN5O5S/c25-15-4-2-14(3-5-15)10-31-19-8-16(17(26)9-20(19)37(33,34)11-18(27)22(31)32)21-28-29-23(36-21)30-12-24(13-30)6-1-7-35-24/h2-5,8-9,18H,1,6-7,10-13,27H2/t18-/m0/s1. The third-order valence-electron chi connectivity index (χ3n) is 6.97. The van der Waals surface area contributed by atoms with Gasteiger partial charge in [0.25, 0.3) is 5.89 Å². The average Bonchev–Trinajstić information content (AvgIpc) is 3.51. The Labute approximate surface area is 217 Å². The number of ether oxygens (including phenoxy) is 1. The second-order valence-corrected chi connectivity index (χ2v) is 12.1. The molecule has 4 heterocycles. The molecule has 2 N–H and O–H groups in total. The van der Waals surface area contributed by atoms with E-state index in [1.54, 1.807) is 24.3 Å². The lowest BCUT2D eigenvalue weighted by molar-refractivity contribution is -0.119. The van der Waals surface area contributed by atoms with Gasteiger partial charge in [-0.2, -0.15) is 0 Å². The van der Waals surface area contributed by atoms with Crippen LogP contribution in [0.25, 0.3) is 11.5 Å². The minimum absolute atomic E-state index is 0.00222. The molecule has 1 spiro atoms. The predicted molar refractivity (Wildman–Crippen MR) is 132 cm³/mol. The molecule has 194 valence electrons. The molecule has 0 unspecified atom stereocenters. The number of benzene rings is 2. The van der Waals surface area contributed by atoms with Crippen LogP contribution in [0.2, 0.25) is 5.02 Å². The Morgan fingerprint density at radius 2 is 1.95 bits per heavy atom. The molecule has 3 aliphatic rings. The lowest BCUT2D eigenvalue weighted by Crippen LogP contribution is -2.61. The van der Waals surface area contributed by atoms with Crippen molar-refractivity contribution < 1.29 is 26.8 Å². The lowest BCUT2D eigenvalue weighted by Gasteiger charge is -2.45. The summed E-state index contributed by atoms with van der Waals surface area (Å²) in [5.74, 6) is -2.25. The van der Waals surface area contributed by atoms with Gasteiger partial charge in [0.05, 0.1) is 47.6 Å². The Bertz CT molecular complexity index is 1480. The Morgan fingerprint density at radius 3 is 2.65 bits per heavy atom. The van der Waals surface area contributed by atoms with E-state index >= 15 is 4.39 Å². The Balaban J connectivity index is 1.38. The highest BCUT2D eigenvalue weighted by Gasteiger charge is 2.48. The van der Waals surface area contributed by atoms with Crippen molar-refractivity contribution in [1.29, 1.82) is 0 Å². The first-order chi connectivity index (χ1) is 17.6. The van der Waals surface area contributed by atoms with Gasteiger partial charge in [-0.25, -0.2) is 12.8 Å². The van der Waals surface area contributed by atoms with E-state index in [0.717, 1.165) is 25.5 Å². The summed E-state index contributed by atoms with van der Waals surface area (Å²) >= 11 is 5.98. The number of sulfone groups is 1. The summed E-state index contributed by atoms with van der Waals surface area (Å²) in [5, 5.41) is 8.55. The number of amides is 1. The van der Waals surface area contributed by atoms with Crippen molar-refractivity contribution in [2.24, 2.45) is 5.73 Å². The van der Waals surface area contributed by atoms with Gasteiger partial charge in [-0.3, -0.25) is 4.79 Å². The number of nitrogens with two attached hydrogens (primary N) is 1. The smallest absolute Gasteiger partial charge is 0.318 e. The van der Waals surface area contributed by atoms with Crippen molar-refractivity contribution in [3.05, 3.63) is 52.8 Å². The third kappa shape index (κ3) is 4.27. The number of nitrogens with zero attached hydrogens (tertiary/aromatic N) is 4. The van der Waals surface area contributed by atoms with E-state index in [2.05, 4.69) is 10.2 Å².